The van der Waals surface area contributed by atoms with E-state index < -0.39 is 0 Å². The van der Waals surface area contributed by atoms with Gasteiger partial charge in [0.15, 0.2) is 34.9 Å². The van der Waals surface area contributed by atoms with Crippen molar-refractivity contribution >= 4 is 43.6 Å². The van der Waals surface area contributed by atoms with E-state index in [1.807, 2.05) is 146 Å². The predicted molar refractivity (Wildman–Crippen MR) is 291 cm³/mol. The molecule has 8 aromatic carbocycles. The topological polar surface area (TPSA) is 139 Å². The Morgan fingerprint density at radius 3 is 0.905 bits per heavy atom. The van der Waals surface area contributed by atoms with Gasteiger partial charge in [-0.25, -0.2) is 49.8 Å². The average molecular weight is 951 g/mol. The Bertz CT molecular complexity index is 4020. The van der Waals surface area contributed by atoms with Gasteiger partial charge in [-0.2, -0.15) is 0 Å². The van der Waals surface area contributed by atoms with Crippen LogP contribution in [0.4, 0.5) is 0 Å². The van der Waals surface area contributed by atoms with Gasteiger partial charge in [-0.15, -0.1) is 0 Å². The summed E-state index contributed by atoms with van der Waals surface area (Å²) in [6.07, 6.45) is 3.54. The molecule has 0 saturated carbocycles. The molecule has 0 aliphatic rings. The molecule has 74 heavy (non-hydrogen) atoms. The van der Waals surface area contributed by atoms with Gasteiger partial charge in [0, 0.05) is 56.2 Å². The summed E-state index contributed by atoms with van der Waals surface area (Å²) in [7, 11) is 0. The van der Waals surface area contributed by atoms with Crippen LogP contribution in [0.2, 0.25) is 0 Å². The zero-order valence-corrected chi connectivity index (χ0v) is 39.3. The number of rotatable bonds is 9. The second kappa shape index (κ2) is 17.7. The van der Waals surface area contributed by atoms with E-state index in [0.717, 1.165) is 77.0 Å². The van der Waals surface area contributed by atoms with Gasteiger partial charge in [0.05, 0.1) is 22.1 Å². The predicted octanol–water partition coefficient (Wildman–Crippen LogP) is 13.5. The second-order valence-corrected chi connectivity index (χ2v) is 17.7. The molecular weight excluding hydrogens is 913 g/mol. The highest BCUT2D eigenvalue weighted by Gasteiger charge is 2.21. The van der Waals surface area contributed by atoms with Crippen LogP contribution < -0.4 is 0 Å². The maximum absolute atomic E-state index is 5.16. The number of hydrogen-bond acceptors (Lipinski definition) is 10. The Hall–Kier alpha value is -10.5. The molecule has 0 spiro atoms. The lowest BCUT2D eigenvalue weighted by atomic mass is 10.0. The van der Waals surface area contributed by atoms with Crippen LogP contribution in [0.15, 0.2) is 231 Å². The first kappa shape index (κ1) is 42.4. The van der Waals surface area contributed by atoms with Crippen LogP contribution in [-0.2, 0) is 0 Å². The number of nitrogens with zero attached hydrogens (tertiary/aromatic N) is 12. The van der Waals surface area contributed by atoms with Gasteiger partial charge in [0.2, 0.25) is 11.9 Å². The van der Waals surface area contributed by atoms with Gasteiger partial charge < -0.3 is 0 Å². The Kier molecular flexibility index (Phi) is 10.2. The molecule has 0 bridgehead atoms. The summed E-state index contributed by atoms with van der Waals surface area (Å²) in [5.74, 6) is 4.19. The van der Waals surface area contributed by atoms with Gasteiger partial charge in [-0.3, -0.25) is 9.13 Å². The van der Waals surface area contributed by atoms with Crippen molar-refractivity contribution in [2.24, 2.45) is 0 Å². The average Bonchev–Trinajstić information content (AvgIpc) is 4.02. The fourth-order valence-electron chi connectivity index (χ4n) is 9.74. The van der Waals surface area contributed by atoms with E-state index in [-0.39, 0.29) is 0 Å². The van der Waals surface area contributed by atoms with E-state index in [0.29, 0.717) is 58.2 Å². The van der Waals surface area contributed by atoms with Crippen LogP contribution in [0, 0.1) is 0 Å². The molecule has 6 heterocycles. The molecule has 12 heteroatoms. The number of benzene rings is 8. The zero-order chi connectivity index (χ0) is 49.0. The molecule has 0 fully saturated rings. The number of para-hydroxylation sites is 2. The lowest BCUT2D eigenvalue weighted by Crippen LogP contribution is -2.05. The molecule has 0 aliphatic carbocycles. The Morgan fingerprint density at radius 2 is 0.541 bits per heavy atom. The van der Waals surface area contributed by atoms with Crippen LogP contribution in [0.5, 0.6) is 0 Å². The molecule has 0 saturated heterocycles. The standard InChI is InChI=1S/C62H38N12/c1-5-17-39(18-6-1)55-67-56(40-19-7-2-8-20-40)70-59(69-55)49-33-35-63-61(65-49)73-51-27-15-13-25-45(51)47-37-43(29-31-53(47)73)44-30-32-54-48(38-44)46-26-14-16-28-52(46)74(54)62-64-36-34-50(66-62)60-71-57(41-21-9-3-10-22-41)68-58(72-60)42-23-11-4-12-24-42/h1-38H. The minimum atomic E-state index is 0.457. The molecule has 14 aromatic rings. The Labute approximate surface area is 423 Å². The van der Waals surface area contributed by atoms with Gasteiger partial charge in [0.25, 0.3) is 0 Å². The first-order valence-electron chi connectivity index (χ1n) is 24.2. The number of hydrogen-bond donors (Lipinski definition) is 0. The van der Waals surface area contributed by atoms with E-state index >= 15 is 0 Å². The van der Waals surface area contributed by atoms with Crippen molar-refractivity contribution in [2.75, 3.05) is 0 Å². The molecule has 12 nitrogen and oxygen atoms in total. The molecule has 0 aliphatic heterocycles. The fraction of sp³-hybridized carbons (Fsp3) is 0. The smallest absolute Gasteiger partial charge is 0.235 e. The summed E-state index contributed by atoms with van der Waals surface area (Å²) < 4.78 is 4.23. The normalized spacial score (nSPS) is 11.5. The minimum Gasteiger partial charge on any atom is -0.278 e. The summed E-state index contributed by atoms with van der Waals surface area (Å²) in [5, 5.41) is 4.30. The van der Waals surface area contributed by atoms with Crippen LogP contribution in [0.1, 0.15) is 0 Å². The maximum atomic E-state index is 5.16. The molecule has 0 amide bonds. The number of aromatic nitrogens is 12. The summed E-state index contributed by atoms with van der Waals surface area (Å²) in [5.41, 5.74) is 10.7. The largest absolute Gasteiger partial charge is 0.278 e. The van der Waals surface area contributed by atoms with Gasteiger partial charge in [0.1, 0.15) is 11.4 Å². The van der Waals surface area contributed by atoms with Crippen LogP contribution in [0.3, 0.4) is 0 Å². The monoisotopic (exact) mass is 950 g/mol. The van der Waals surface area contributed by atoms with Crippen molar-refractivity contribution in [1.29, 1.82) is 0 Å². The fourth-order valence-corrected chi connectivity index (χ4v) is 9.74. The van der Waals surface area contributed by atoms with Crippen molar-refractivity contribution in [1.82, 2.24) is 59.0 Å². The molecule has 14 rings (SSSR count). The van der Waals surface area contributed by atoms with Crippen molar-refractivity contribution in [3.05, 3.63) is 231 Å². The summed E-state index contributed by atoms with van der Waals surface area (Å²) in [4.78, 5) is 49.6. The Balaban J connectivity index is 0.856. The summed E-state index contributed by atoms with van der Waals surface area (Å²) >= 11 is 0. The number of fused-ring (bicyclic) bond motifs is 6. The van der Waals surface area contributed by atoms with Gasteiger partial charge in [-0.05, 0) is 59.7 Å². The highest BCUT2D eigenvalue weighted by Crippen LogP contribution is 2.38. The molecule has 346 valence electrons. The summed E-state index contributed by atoms with van der Waals surface area (Å²) in [6, 6.07) is 73.4. The zero-order valence-electron chi connectivity index (χ0n) is 39.3. The maximum Gasteiger partial charge on any atom is 0.235 e. The molecular formula is C62H38N12. The van der Waals surface area contributed by atoms with Crippen molar-refractivity contribution in [2.45, 2.75) is 0 Å². The van der Waals surface area contributed by atoms with Gasteiger partial charge >= 0.3 is 0 Å². The van der Waals surface area contributed by atoms with E-state index in [4.69, 9.17) is 49.8 Å². The van der Waals surface area contributed by atoms with E-state index in [9.17, 15) is 0 Å². The third kappa shape index (κ3) is 7.49. The molecule has 0 radical (unpaired) electrons. The first-order chi connectivity index (χ1) is 36.7. The van der Waals surface area contributed by atoms with Crippen LogP contribution in [-0.4, -0.2) is 59.0 Å². The van der Waals surface area contributed by atoms with Gasteiger partial charge in [-0.1, -0.05) is 170 Å². The van der Waals surface area contributed by atoms with Crippen LogP contribution >= 0.6 is 0 Å². The lowest BCUT2D eigenvalue weighted by molar-refractivity contribution is 0.975. The third-order valence-corrected chi connectivity index (χ3v) is 13.2. The highest BCUT2D eigenvalue weighted by molar-refractivity contribution is 6.12. The molecule has 6 aromatic heterocycles. The van der Waals surface area contributed by atoms with Crippen molar-refractivity contribution < 1.29 is 0 Å². The van der Waals surface area contributed by atoms with E-state index in [1.54, 1.807) is 12.4 Å². The van der Waals surface area contributed by atoms with Crippen molar-refractivity contribution in [3.8, 4) is 91.6 Å². The summed E-state index contributed by atoms with van der Waals surface area (Å²) in [6.45, 7) is 0. The third-order valence-electron chi connectivity index (χ3n) is 13.2. The van der Waals surface area contributed by atoms with E-state index in [1.165, 1.54) is 0 Å². The van der Waals surface area contributed by atoms with E-state index in [2.05, 4.69) is 81.9 Å². The lowest BCUT2D eigenvalue weighted by Gasteiger charge is -2.10. The first-order valence-corrected chi connectivity index (χ1v) is 24.2. The molecule has 0 unspecified atom stereocenters. The highest BCUT2D eigenvalue weighted by atomic mass is 15.2. The van der Waals surface area contributed by atoms with Crippen molar-refractivity contribution in [3.63, 3.8) is 0 Å². The quantitative estimate of drug-likeness (QED) is 0.137. The van der Waals surface area contributed by atoms with Crippen LogP contribution in [0.25, 0.3) is 135 Å². The molecule has 0 atom stereocenters. The second-order valence-electron chi connectivity index (χ2n) is 17.7. The Morgan fingerprint density at radius 1 is 0.230 bits per heavy atom. The SMILES string of the molecule is c1ccc(-c2nc(-c3ccccc3)nc(-c3ccnc(-n4c5ccccc5c5cc(-c6ccc7c(c6)c6ccccc6n7-c6nccc(-c7nc(-c8ccccc8)nc(-c8ccccc8)n7)n6)ccc54)n3)n2)cc1. The minimum absolute atomic E-state index is 0.457. The molecule has 0 N–H and O–H groups in total.